The fourth-order valence-electron chi connectivity index (χ4n) is 2.73. The normalized spacial score (nSPS) is 10.5. The quantitative estimate of drug-likeness (QED) is 0.664. The molecule has 0 unspecified atom stereocenters. The van der Waals surface area contributed by atoms with E-state index < -0.39 is 0 Å². The lowest BCUT2D eigenvalue weighted by Gasteiger charge is -2.13. The third-order valence-electron chi connectivity index (χ3n) is 3.97. The molecule has 2 aromatic carbocycles. The lowest BCUT2D eigenvalue weighted by atomic mass is 10.0. The van der Waals surface area contributed by atoms with E-state index in [9.17, 15) is 9.90 Å². The van der Waals surface area contributed by atoms with Gasteiger partial charge in [0.2, 0.25) is 0 Å². The summed E-state index contributed by atoms with van der Waals surface area (Å²) in [6.45, 7) is 2.30. The molecular formula is C20H20N2O3. The number of aromatic nitrogens is 1. The van der Waals surface area contributed by atoms with Crippen LogP contribution in [0.5, 0.6) is 11.5 Å². The minimum Gasteiger partial charge on any atom is -0.504 e. The Balaban J connectivity index is 1.94. The number of phenolic OH excluding ortho intramolecular Hbond substituents is 1. The predicted octanol–water partition coefficient (Wildman–Crippen LogP) is 3.68. The molecule has 0 aliphatic rings. The van der Waals surface area contributed by atoms with Crippen LogP contribution in [0, 0.1) is 6.92 Å². The molecule has 0 fully saturated rings. The number of hydrogen-bond donors (Lipinski definition) is 3. The van der Waals surface area contributed by atoms with Crippen LogP contribution in [0.3, 0.4) is 0 Å². The number of aromatic amines is 1. The summed E-state index contributed by atoms with van der Waals surface area (Å²) < 4.78 is 5.12. The van der Waals surface area contributed by atoms with E-state index >= 15 is 0 Å². The van der Waals surface area contributed by atoms with Gasteiger partial charge in [-0.1, -0.05) is 36.4 Å². The topological polar surface area (TPSA) is 74.3 Å². The second-order valence-electron chi connectivity index (χ2n) is 5.80. The van der Waals surface area contributed by atoms with E-state index in [2.05, 4.69) is 10.3 Å². The third-order valence-corrected chi connectivity index (χ3v) is 3.97. The molecule has 3 rings (SSSR count). The van der Waals surface area contributed by atoms with E-state index in [1.165, 1.54) is 7.11 Å². The highest BCUT2D eigenvalue weighted by atomic mass is 16.5. The maximum Gasteiger partial charge on any atom is 0.272 e. The summed E-state index contributed by atoms with van der Waals surface area (Å²) in [7, 11) is 1.50. The molecule has 0 radical (unpaired) electrons. The van der Waals surface area contributed by atoms with Gasteiger partial charge in [0.05, 0.1) is 7.11 Å². The van der Waals surface area contributed by atoms with Crippen LogP contribution >= 0.6 is 0 Å². The number of aryl methyl sites for hydroxylation is 1. The molecule has 1 aromatic heterocycles. The third kappa shape index (κ3) is 3.66. The maximum absolute atomic E-state index is 12.4. The van der Waals surface area contributed by atoms with Crippen LogP contribution in [-0.4, -0.2) is 17.2 Å². The Bertz CT molecular complexity index is 933. The Hall–Kier alpha value is -3.21. The molecule has 25 heavy (non-hydrogen) atoms. The Morgan fingerprint density at radius 1 is 1.12 bits per heavy atom. The van der Waals surface area contributed by atoms with Gasteiger partial charge in [-0.05, 0) is 36.2 Å². The smallest absolute Gasteiger partial charge is 0.272 e. The number of benzene rings is 2. The van der Waals surface area contributed by atoms with Crippen molar-refractivity contribution in [2.75, 3.05) is 12.4 Å². The molecule has 5 heteroatoms. The molecule has 3 N–H and O–H groups in total. The summed E-state index contributed by atoms with van der Waals surface area (Å²) in [5.41, 5.74) is 3.89. The minimum atomic E-state index is -0.162. The fourth-order valence-corrected chi connectivity index (χ4v) is 2.73. The zero-order chi connectivity index (χ0) is 17.8. The minimum absolute atomic E-state index is 0.0874. The molecule has 0 aliphatic carbocycles. The molecule has 0 bridgehead atoms. The van der Waals surface area contributed by atoms with Crippen molar-refractivity contribution in [1.29, 1.82) is 0 Å². The van der Waals surface area contributed by atoms with Gasteiger partial charge in [0.1, 0.15) is 5.69 Å². The van der Waals surface area contributed by atoms with Crippen molar-refractivity contribution in [1.82, 2.24) is 4.98 Å². The van der Waals surface area contributed by atoms with Crippen LogP contribution in [-0.2, 0) is 6.54 Å². The average Bonchev–Trinajstić information content (AvgIpc) is 2.62. The van der Waals surface area contributed by atoms with Crippen LogP contribution in [0.4, 0.5) is 5.69 Å². The van der Waals surface area contributed by atoms with E-state index in [0.29, 0.717) is 18.0 Å². The summed E-state index contributed by atoms with van der Waals surface area (Å²) in [4.78, 5) is 15.3. The average molecular weight is 336 g/mol. The number of nitrogens with one attached hydrogen (secondary N) is 2. The Kier molecular flexibility index (Phi) is 4.75. The number of methoxy groups -OCH3 is 1. The van der Waals surface area contributed by atoms with Gasteiger partial charge in [-0.2, -0.15) is 0 Å². The first kappa shape index (κ1) is 16.6. The zero-order valence-corrected chi connectivity index (χ0v) is 14.2. The van der Waals surface area contributed by atoms with Crippen molar-refractivity contribution in [2.24, 2.45) is 0 Å². The molecule has 0 spiro atoms. The van der Waals surface area contributed by atoms with Gasteiger partial charge < -0.3 is 20.1 Å². The highest BCUT2D eigenvalue weighted by Crippen LogP contribution is 2.28. The van der Waals surface area contributed by atoms with Gasteiger partial charge >= 0.3 is 0 Å². The number of aromatic hydroxyl groups is 1. The molecule has 0 atom stereocenters. The Morgan fingerprint density at radius 3 is 2.60 bits per heavy atom. The van der Waals surface area contributed by atoms with Gasteiger partial charge in [0.25, 0.3) is 5.56 Å². The number of pyridine rings is 1. The monoisotopic (exact) mass is 336 g/mol. The summed E-state index contributed by atoms with van der Waals surface area (Å²) in [6.07, 6.45) is 0. The fraction of sp³-hybridized carbons (Fsp3) is 0.150. The number of anilines is 1. The van der Waals surface area contributed by atoms with Crippen molar-refractivity contribution >= 4 is 5.69 Å². The lowest BCUT2D eigenvalue weighted by Crippen LogP contribution is -2.16. The highest BCUT2D eigenvalue weighted by Gasteiger charge is 2.11. The molecule has 0 saturated heterocycles. The second kappa shape index (κ2) is 7.13. The zero-order valence-electron chi connectivity index (χ0n) is 14.2. The standard InChI is InChI=1S/C20H20N2O3/c1-13-10-16(15-6-4-3-5-7-15)19(20(24)22-13)21-12-14-8-9-17(23)18(11-14)25-2/h3-11,21,23H,12H2,1-2H3,(H,22,24). The second-order valence-corrected chi connectivity index (χ2v) is 5.80. The Morgan fingerprint density at radius 2 is 1.88 bits per heavy atom. The maximum atomic E-state index is 12.4. The van der Waals surface area contributed by atoms with Gasteiger partial charge in [-0.3, -0.25) is 4.79 Å². The van der Waals surface area contributed by atoms with Crippen LogP contribution < -0.4 is 15.6 Å². The number of hydrogen-bond acceptors (Lipinski definition) is 4. The van der Waals surface area contributed by atoms with Crippen LogP contribution in [0.15, 0.2) is 59.4 Å². The molecule has 1 heterocycles. The molecular weight excluding hydrogens is 316 g/mol. The lowest BCUT2D eigenvalue weighted by molar-refractivity contribution is 0.373. The van der Waals surface area contributed by atoms with E-state index in [0.717, 1.165) is 22.4 Å². The van der Waals surface area contributed by atoms with Gasteiger partial charge in [0, 0.05) is 17.8 Å². The van der Waals surface area contributed by atoms with Crippen LogP contribution in [0.25, 0.3) is 11.1 Å². The van der Waals surface area contributed by atoms with Gasteiger partial charge in [0.15, 0.2) is 11.5 Å². The summed E-state index contributed by atoms with van der Waals surface area (Å²) >= 11 is 0. The summed E-state index contributed by atoms with van der Waals surface area (Å²) in [5, 5.41) is 12.9. The molecule has 128 valence electrons. The first-order valence-corrected chi connectivity index (χ1v) is 7.97. The predicted molar refractivity (Wildman–Crippen MR) is 99.2 cm³/mol. The van der Waals surface area contributed by atoms with E-state index in [-0.39, 0.29) is 11.3 Å². The van der Waals surface area contributed by atoms with Crippen LogP contribution in [0.1, 0.15) is 11.3 Å². The largest absolute Gasteiger partial charge is 0.504 e. The summed E-state index contributed by atoms with van der Waals surface area (Å²) in [6, 6.07) is 16.8. The molecule has 0 aliphatic heterocycles. The number of H-pyrrole nitrogens is 1. The van der Waals surface area contributed by atoms with E-state index in [1.54, 1.807) is 18.2 Å². The Labute approximate surface area is 145 Å². The molecule has 3 aromatic rings. The van der Waals surface area contributed by atoms with Crippen molar-refractivity contribution in [3.8, 4) is 22.6 Å². The van der Waals surface area contributed by atoms with Crippen molar-refractivity contribution in [2.45, 2.75) is 13.5 Å². The first-order chi connectivity index (χ1) is 12.1. The number of ether oxygens (including phenoxy) is 1. The first-order valence-electron chi connectivity index (χ1n) is 7.97. The van der Waals surface area contributed by atoms with E-state index in [4.69, 9.17) is 4.74 Å². The van der Waals surface area contributed by atoms with Crippen molar-refractivity contribution in [3.63, 3.8) is 0 Å². The summed E-state index contributed by atoms with van der Waals surface area (Å²) in [5.74, 6) is 0.491. The van der Waals surface area contributed by atoms with Gasteiger partial charge in [-0.25, -0.2) is 0 Å². The molecule has 0 saturated carbocycles. The number of rotatable bonds is 5. The molecule has 5 nitrogen and oxygen atoms in total. The number of phenols is 1. The van der Waals surface area contributed by atoms with Gasteiger partial charge in [-0.15, -0.1) is 0 Å². The van der Waals surface area contributed by atoms with Crippen molar-refractivity contribution < 1.29 is 9.84 Å². The van der Waals surface area contributed by atoms with E-state index in [1.807, 2.05) is 43.3 Å². The van der Waals surface area contributed by atoms with Crippen LogP contribution in [0.2, 0.25) is 0 Å². The highest BCUT2D eigenvalue weighted by molar-refractivity contribution is 5.77. The SMILES string of the molecule is COc1cc(CNc2c(-c3ccccc3)cc(C)[nH]c2=O)ccc1O. The van der Waals surface area contributed by atoms with Crippen molar-refractivity contribution in [3.05, 3.63) is 76.2 Å². The molecule has 0 amide bonds.